The molecule has 0 fully saturated rings. The van der Waals surface area contributed by atoms with Crippen LogP contribution in [0.25, 0.3) is 0 Å². The molecule has 0 unspecified atom stereocenters. The predicted molar refractivity (Wildman–Crippen MR) is 55.8 cm³/mol. The monoisotopic (exact) mass is 255 g/mol. The molecule has 0 amide bonds. The highest BCUT2D eigenvalue weighted by molar-refractivity contribution is 5.85. The summed E-state index contributed by atoms with van der Waals surface area (Å²) in [5, 5.41) is 0. The third-order valence-electron chi connectivity index (χ3n) is 1.95. The third-order valence-corrected chi connectivity index (χ3v) is 1.95. The van der Waals surface area contributed by atoms with E-state index in [-0.39, 0.29) is 18.0 Å². The van der Waals surface area contributed by atoms with Gasteiger partial charge in [0.25, 0.3) is 0 Å². The molecule has 16 heavy (non-hydrogen) atoms. The van der Waals surface area contributed by atoms with E-state index in [0.29, 0.717) is 6.07 Å². The Hall–Kier alpha value is -1.07. The molecule has 1 nitrogen and oxygen atoms in total. The molecular formula is C10H10ClF4N. The van der Waals surface area contributed by atoms with E-state index in [4.69, 9.17) is 5.73 Å². The lowest BCUT2D eigenvalue weighted by Crippen LogP contribution is -2.14. The van der Waals surface area contributed by atoms with Crippen LogP contribution in [0.1, 0.15) is 17.2 Å². The van der Waals surface area contributed by atoms with Crippen LogP contribution in [-0.4, -0.2) is 0 Å². The molecule has 6 heteroatoms. The molecule has 90 valence electrons. The average molecular weight is 256 g/mol. The summed E-state index contributed by atoms with van der Waals surface area (Å²) in [6, 6.07) is 2.06. The Bertz CT molecular complexity index is 376. The van der Waals surface area contributed by atoms with Crippen LogP contribution in [0.3, 0.4) is 0 Å². The van der Waals surface area contributed by atoms with Gasteiger partial charge in [0.1, 0.15) is 5.82 Å². The summed E-state index contributed by atoms with van der Waals surface area (Å²) in [5.41, 5.74) is 3.87. The second kappa shape index (κ2) is 5.32. The second-order valence-electron chi connectivity index (χ2n) is 2.97. The molecule has 1 aromatic rings. The summed E-state index contributed by atoms with van der Waals surface area (Å²) in [6.45, 7) is 3.30. The zero-order valence-electron chi connectivity index (χ0n) is 8.09. The number of benzene rings is 1. The van der Waals surface area contributed by atoms with Gasteiger partial charge in [0.2, 0.25) is 0 Å². The largest absolute Gasteiger partial charge is 0.419 e. The van der Waals surface area contributed by atoms with Crippen molar-refractivity contribution in [1.29, 1.82) is 0 Å². The van der Waals surface area contributed by atoms with Gasteiger partial charge in [-0.25, -0.2) is 4.39 Å². The smallest absolute Gasteiger partial charge is 0.321 e. The Morgan fingerprint density at radius 1 is 1.31 bits per heavy atom. The molecule has 0 bridgehead atoms. The number of nitrogens with two attached hydrogens (primary N) is 1. The maximum atomic E-state index is 13.4. The van der Waals surface area contributed by atoms with Crippen molar-refractivity contribution in [2.24, 2.45) is 5.73 Å². The van der Waals surface area contributed by atoms with Crippen LogP contribution < -0.4 is 5.73 Å². The second-order valence-corrected chi connectivity index (χ2v) is 2.97. The molecule has 0 saturated heterocycles. The summed E-state index contributed by atoms with van der Waals surface area (Å²) in [6.07, 6.45) is -3.53. The van der Waals surface area contributed by atoms with Gasteiger partial charge in [0, 0.05) is 5.56 Å². The summed E-state index contributed by atoms with van der Waals surface area (Å²) in [4.78, 5) is 0. The molecule has 0 radical (unpaired) electrons. The normalized spacial score (nSPS) is 12.8. The molecule has 0 aromatic heterocycles. The highest BCUT2D eigenvalue weighted by Gasteiger charge is 2.35. The number of alkyl halides is 3. The van der Waals surface area contributed by atoms with Crippen molar-refractivity contribution in [3.63, 3.8) is 0 Å². The van der Waals surface area contributed by atoms with Crippen molar-refractivity contribution >= 4 is 12.4 Å². The predicted octanol–water partition coefficient (Wildman–Crippen LogP) is 3.45. The Morgan fingerprint density at radius 2 is 1.88 bits per heavy atom. The van der Waals surface area contributed by atoms with Gasteiger partial charge < -0.3 is 5.73 Å². The minimum Gasteiger partial charge on any atom is -0.321 e. The van der Waals surface area contributed by atoms with Gasteiger partial charge in [-0.05, 0) is 6.07 Å². The highest BCUT2D eigenvalue weighted by Crippen LogP contribution is 2.33. The lowest BCUT2D eigenvalue weighted by Gasteiger charge is -2.13. The molecule has 1 aromatic carbocycles. The summed E-state index contributed by atoms with van der Waals surface area (Å²) in [5.74, 6) is -1.34. The van der Waals surface area contributed by atoms with Crippen molar-refractivity contribution in [2.45, 2.75) is 12.2 Å². The molecule has 0 aliphatic carbocycles. The van der Waals surface area contributed by atoms with E-state index in [1.54, 1.807) is 0 Å². The maximum Gasteiger partial charge on any atom is 0.419 e. The molecule has 1 atom stereocenters. The first-order valence-corrected chi connectivity index (χ1v) is 4.11. The van der Waals surface area contributed by atoms with Gasteiger partial charge in [0.05, 0.1) is 11.6 Å². The maximum absolute atomic E-state index is 13.4. The lowest BCUT2D eigenvalue weighted by molar-refractivity contribution is -0.140. The van der Waals surface area contributed by atoms with Crippen LogP contribution in [0.5, 0.6) is 0 Å². The molecule has 0 aliphatic rings. The Labute approximate surface area is 96.4 Å². The quantitative estimate of drug-likeness (QED) is 0.636. The summed E-state index contributed by atoms with van der Waals surface area (Å²) in [7, 11) is 0. The van der Waals surface area contributed by atoms with E-state index in [1.807, 2.05) is 0 Å². The van der Waals surface area contributed by atoms with Crippen molar-refractivity contribution in [3.8, 4) is 0 Å². The van der Waals surface area contributed by atoms with E-state index in [0.717, 1.165) is 6.07 Å². The Kier molecular flexibility index (Phi) is 4.96. The van der Waals surface area contributed by atoms with Crippen LogP contribution in [0.4, 0.5) is 17.6 Å². The minimum absolute atomic E-state index is 0. The molecule has 0 spiro atoms. The number of rotatable bonds is 2. The number of hydrogen-bond acceptors (Lipinski definition) is 1. The van der Waals surface area contributed by atoms with Gasteiger partial charge in [-0.2, -0.15) is 13.2 Å². The van der Waals surface area contributed by atoms with E-state index in [1.165, 1.54) is 12.1 Å². The van der Waals surface area contributed by atoms with Crippen LogP contribution >= 0.6 is 12.4 Å². The van der Waals surface area contributed by atoms with Gasteiger partial charge in [-0.3, -0.25) is 0 Å². The minimum atomic E-state index is -4.71. The van der Waals surface area contributed by atoms with Gasteiger partial charge in [-0.1, -0.05) is 18.2 Å². The fourth-order valence-electron chi connectivity index (χ4n) is 1.15. The van der Waals surface area contributed by atoms with Crippen molar-refractivity contribution < 1.29 is 17.6 Å². The van der Waals surface area contributed by atoms with Crippen LogP contribution in [0.2, 0.25) is 0 Å². The number of halogens is 5. The van der Waals surface area contributed by atoms with Crippen molar-refractivity contribution in [2.75, 3.05) is 0 Å². The summed E-state index contributed by atoms with van der Waals surface area (Å²) >= 11 is 0. The number of hydrogen-bond donors (Lipinski definition) is 1. The topological polar surface area (TPSA) is 26.0 Å². The zero-order chi connectivity index (χ0) is 11.6. The third kappa shape index (κ3) is 2.96. The van der Waals surface area contributed by atoms with Crippen LogP contribution in [0.15, 0.2) is 30.9 Å². The highest BCUT2D eigenvalue weighted by atomic mass is 35.5. The van der Waals surface area contributed by atoms with E-state index in [9.17, 15) is 17.6 Å². The Balaban J connectivity index is 0.00000225. The SMILES string of the molecule is C=C[C@@H](N)c1cccc(C(F)(F)F)c1F.Cl. The fraction of sp³-hybridized carbons (Fsp3) is 0.200. The molecule has 0 heterocycles. The van der Waals surface area contributed by atoms with Crippen molar-refractivity contribution in [1.82, 2.24) is 0 Å². The fourth-order valence-corrected chi connectivity index (χ4v) is 1.15. The van der Waals surface area contributed by atoms with Gasteiger partial charge >= 0.3 is 6.18 Å². The first-order chi connectivity index (χ1) is 6.88. The molecular weight excluding hydrogens is 246 g/mol. The van der Waals surface area contributed by atoms with E-state index in [2.05, 4.69) is 6.58 Å². The first kappa shape index (κ1) is 14.9. The van der Waals surface area contributed by atoms with Crippen molar-refractivity contribution in [3.05, 3.63) is 47.8 Å². The average Bonchev–Trinajstić information content (AvgIpc) is 2.15. The Morgan fingerprint density at radius 3 is 2.31 bits per heavy atom. The van der Waals surface area contributed by atoms with E-state index < -0.39 is 23.6 Å². The van der Waals surface area contributed by atoms with Gasteiger partial charge in [-0.15, -0.1) is 19.0 Å². The molecule has 0 saturated carbocycles. The molecule has 2 N–H and O–H groups in total. The standard InChI is InChI=1S/C10H9F4N.ClH/c1-2-8(15)6-4-3-5-7(9(6)11)10(12,13)14;/h2-5,8H,1,15H2;1H/t8-;/m1./s1. The van der Waals surface area contributed by atoms with Crippen LogP contribution in [-0.2, 0) is 6.18 Å². The van der Waals surface area contributed by atoms with E-state index >= 15 is 0 Å². The molecule has 1 rings (SSSR count). The first-order valence-electron chi connectivity index (χ1n) is 4.11. The summed E-state index contributed by atoms with van der Waals surface area (Å²) < 4.78 is 50.2. The lowest BCUT2D eigenvalue weighted by atomic mass is 10.0. The van der Waals surface area contributed by atoms with Crippen LogP contribution in [0, 0.1) is 5.82 Å². The molecule has 0 aliphatic heterocycles. The van der Waals surface area contributed by atoms with Gasteiger partial charge in [0.15, 0.2) is 0 Å². The zero-order valence-corrected chi connectivity index (χ0v) is 8.91.